The molecule has 0 rings (SSSR count). The number of likely N-dealkylation sites (N-methyl/N-ethyl adjacent to an activating group) is 1. The van der Waals surface area contributed by atoms with Crippen LogP contribution in [0.15, 0.2) is 0 Å². The van der Waals surface area contributed by atoms with Crippen LogP contribution >= 0.6 is 12.2 Å². The predicted molar refractivity (Wildman–Crippen MR) is 62.7 cm³/mol. The molecule has 0 aromatic carbocycles. The number of thiocarbonyl (C=S) groups is 1. The highest BCUT2D eigenvalue weighted by atomic mass is 32.2. The number of hydrogen-bond acceptors (Lipinski definition) is 3. The predicted octanol–water partition coefficient (Wildman–Crippen LogP) is 0.723. The van der Waals surface area contributed by atoms with Gasteiger partial charge in [0, 0.05) is 7.05 Å². The second-order valence-electron chi connectivity index (χ2n) is 3.26. The van der Waals surface area contributed by atoms with E-state index in [0.717, 1.165) is 6.42 Å². The van der Waals surface area contributed by atoms with Gasteiger partial charge in [-0.25, -0.2) is 8.42 Å². The first-order valence-corrected chi connectivity index (χ1v) is 6.59. The summed E-state index contributed by atoms with van der Waals surface area (Å²) in [7, 11) is -1.69. The van der Waals surface area contributed by atoms with E-state index in [1.165, 1.54) is 11.4 Å². The topological polar surface area (TPSA) is 63.4 Å². The normalized spacial score (nSPS) is 14.3. The third kappa shape index (κ3) is 3.89. The zero-order valence-electron chi connectivity index (χ0n) is 8.86. The van der Waals surface area contributed by atoms with Gasteiger partial charge in [0.25, 0.3) is 0 Å². The second kappa shape index (κ2) is 5.63. The fourth-order valence-electron chi connectivity index (χ4n) is 0.891. The molecule has 6 heteroatoms. The van der Waals surface area contributed by atoms with E-state index in [4.69, 9.17) is 18.0 Å². The fourth-order valence-corrected chi connectivity index (χ4v) is 2.65. The first-order chi connectivity index (χ1) is 6.33. The van der Waals surface area contributed by atoms with Crippen LogP contribution in [0.2, 0.25) is 0 Å². The third-order valence-corrected chi connectivity index (χ3v) is 4.49. The Morgan fingerprint density at radius 1 is 1.57 bits per heavy atom. The molecule has 0 aliphatic rings. The molecule has 14 heavy (non-hydrogen) atoms. The summed E-state index contributed by atoms with van der Waals surface area (Å²) < 4.78 is 24.5. The maximum Gasteiger partial charge on any atom is 0.214 e. The van der Waals surface area contributed by atoms with Gasteiger partial charge >= 0.3 is 0 Å². The lowest BCUT2D eigenvalue weighted by Crippen LogP contribution is -2.43. The molecule has 84 valence electrons. The molecular formula is C8H18N2O2S2. The van der Waals surface area contributed by atoms with Crippen molar-refractivity contribution >= 4 is 27.2 Å². The van der Waals surface area contributed by atoms with Gasteiger partial charge in [-0.2, -0.15) is 4.31 Å². The molecule has 0 heterocycles. The molecule has 0 radical (unpaired) electrons. The van der Waals surface area contributed by atoms with E-state index in [9.17, 15) is 8.42 Å². The Kier molecular flexibility index (Phi) is 5.54. The monoisotopic (exact) mass is 238 g/mol. The van der Waals surface area contributed by atoms with Crippen molar-refractivity contribution < 1.29 is 8.42 Å². The number of sulfonamides is 1. The van der Waals surface area contributed by atoms with Gasteiger partial charge < -0.3 is 5.73 Å². The van der Waals surface area contributed by atoms with Gasteiger partial charge in [0.05, 0.1) is 16.8 Å². The second-order valence-corrected chi connectivity index (χ2v) is 5.88. The first kappa shape index (κ1) is 13.8. The minimum Gasteiger partial charge on any atom is -0.392 e. The highest BCUT2D eigenvalue weighted by molar-refractivity contribution is 7.89. The SMILES string of the molecule is CCCCS(=O)(=O)N(C)C(C)C(N)=S. The molecular weight excluding hydrogens is 220 g/mol. The zero-order valence-corrected chi connectivity index (χ0v) is 10.5. The Morgan fingerprint density at radius 2 is 2.07 bits per heavy atom. The van der Waals surface area contributed by atoms with Crippen LogP contribution in [0.5, 0.6) is 0 Å². The van der Waals surface area contributed by atoms with E-state index >= 15 is 0 Å². The van der Waals surface area contributed by atoms with Crippen LogP contribution in [0.3, 0.4) is 0 Å². The molecule has 0 spiro atoms. The maximum atomic E-state index is 11.6. The fraction of sp³-hybridized carbons (Fsp3) is 0.875. The van der Waals surface area contributed by atoms with Crippen molar-refractivity contribution in [2.45, 2.75) is 32.7 Å². The molecule has 1 atom stereocenters. The number of nitrogens with zero attached hydrogens (tertiary/aromatic N) is 1. The Morgan fingerprint density at radius 3 is 2.43 bits per heavy atom. The van der Waals surface area contributed by atoms with Crippen molar-refractivity contribution in [2.75, 3.05) is 12.8 Å². The molecule has 0 bridgehead atoms. The van der Waals surface area contributed by atoms with E-state index in [-0.39, 0.29) is 10.7 Å². The summed E-state index contributed by atoms with van der Waals surface area (Å²) in [5.41, 5.74) is 5.39. The number of nitrogens with two attached hydrogens (primary N) is 1. The van der Waals surface area contributed by atoms with Crippen LogP contribution in [0, 0.1) is 0 Å². The molecule has 0 aliphatic carbocycles. The lowest BCUT2D eigenvalue weighted by molar-refractivity contribution is 0.450. The van der Waals surface area contributed by atoms with Crippen LogP contribution in [0.25, 0.3) is 0 Å². The van der Waals surface area contributed by atoms with E-state index in [2.05, 4.69) is 0 Å². The largest absolute Gasteiger partial charge is 0.392 e. The molecule has 0 aliphatic heterocycles. The van der Waals surface area contributed by atoms with Crippen molar-refractivity contribution in [3.63, 3.8) is 0 Å². The molecule has 0 amide bonds. The highest BCUT2D eigenvalue weighted by Crippen LogP contribution is 2.07. The standard InChI is InChI=1S/C8H18N2O2S2/c1-4-5-6-14(11,12)10(3)7(2)8(9)13/h7H,4-6H2,1-3H3,(H2,9,13). The average molecular weight is 238 g/mol. The quantitative estimate of drug-likeness (QED) is 0.693. The zero-order chi connectivity index (χ0) is 11.4. The Hall–Kier alpha value is -0.200. The minimum absolute atomic E-state index is 0.160. The summed E-state index contributed by atoms with van der Waals surface area (Å²) in [4.78, 5) is 0.201. The van der Waals surface area contributed by atoms with Gasteiger partial charge in [-0.15, -0.1) is 0 Å². The van der Waals surface area contributed by atoms with E-state index in [0.29, 0.717) is 6.42 Å². The molecule has 1 unspecified atom stereocenters. The Bertz CT molecular complexity index is 288. The maximum absolute atomic E-state index is 11.6. The minimum atomic E-state index is -3.20. The van der Waals surface area contributed by atoms with Gasteiger partial charge in [0.2, 0.25) is 10.0 Å². The Labute approximate surface area is 91.5 Å². The summed E-state index contributed by atoms with van der Waals surface area (Å²) in [6.45, 7) is 3.64. The van der Waals surface area contributed by atoms with Crippen molar-refractivity contribution in [1.29, 1.82) is 0 Å². The summed E-state index contributed by atoms with van der Waals surface area (Å²) in [5.74, 6) is 0.160. The van der Waals surface area contributed by atoms with Crippen LogP contribution in [0.1, 0.15) is 26.7 Å². The van der Waals surface area contributed by atoms with Gasteiger partial charge in [-0.3, -0.25) is 0 Å². The third-order valence-electron chi connectivity index (χ3n) is 2.15. The lowest BCUT2D eigenvalue weighted by Gasteiger charge is -2.23. The lowest BCUT2D eigenvalue weighted by atomic mass is 10.3. The number of rotatable bonds is 6. The first-order valence-electron chi connectivity index (χ1n) is 4.58. The van der Waals surface area contributed by atoms with Gasteiger partial charge in [0.15, 0.2) is 0 Å². The smallest absolute Gasteiger partial charge is 0.214 e. The van der Waals surface area contributed by atoms with Gasteiger partial charge in [0.1, 0.15) is 0 Å². The van der Waals surface area contributed by atoms with Gasteiger partial charge in [-0.1, -0.05) is 25.6 Å². The van der Waals surface area contributed by atoms with Crippen LogP contribution in [-0.2, 0) is 10.0 Å². The van der Waals surface area contributed by atoms with E-state index < -0.39 is 16.1 Å². The summed E-state index contributed by atoms with van der Waals surface area (Å²) in [6, 6.07) is -0.410. The molecule has 0 fully saturated rings. The van der Waals surface area contributed by atoms with Crippen LogP contribution in [-0.4, -0.2) is 36.6 Å². The molecule has 2 N–H and O–H groups in total. The summed E-state index contributed by atoms with van der Waals surface area (Å²) in [6.07, 6.45) is 1.52. The molecule has 0 saturated heterocycles. The molecule has 0 aromatic rings. The molecule has 0 saturated carbocycles. The summed E-state index contributed by atoms with van der Waals surface area (Å²) in [5, 5.41) is 0. The average Bonchev–Trinajstić information content (AvgIpc) is 2.12. The number of hydrogen-bond donors (Lipinski definition) is 1. The molecule has 4 nitrogen and oxygen atoms in total. The summed E-state index contributed by atoms with van der Waals surface area (Å²) >= 11 is 4.75. The van der Waals surface area contributed by atoms with Crippen LogP contribution < -0.4 is 5.73 Å². The van der Waals surface area contributed by atoms with Gasteiger partial charge in [-0.05, 0) is 13.3 Å². The van der Waals surface area contributed by atoms with E-state index in [1.54, 1.807) is 6.92 Å². The highest BCUT2D eigenvalue weighted by Gasteiger charge is 2.23. The van der Waals surface area contributed by atoms with E-state index in [1.807, 2.05) is 6.92 Å². The Balaban J connectivity index is 4.50. The van der Waals surface area contributed by atoms with Crippen molar-refractivity contribution in [3.05, 3.63) is 0 Å². The number of unbranched alkanes of at least 4 members (excludes halogenated alkanes) is 1. The van der Waals surface area contributed by atoms with Crippen LogP contribution in [0.4, 0.5) is 0 Å². The molecule has 0 aromatic heterocycles. The van der Waals surface area contributed by atoms with Crippen molar-refractivity contribution in [1.82, 2.24) is 4.31 Å². The van der Waals surface area contributed by atoms with Crippen molar-refractivity contribution in [3.8, 4) is 0 Å². The van der Waals surface area contributed by atoms with Crippen molar-refractivity contribution in [2.24, 2.45) is 5.73 Å².